The summed E-state index contributed by atoms with van der Waals surface area (Å²) in [5.74, 6) is 0.376. The van der Waals surface area contributed by atoms with Gasteiger partial charge in [-0.15, -0.1) is 0 Å². The van der Waals surface area contributed by atoms with E-state index in [2.05, 4.69) is 20.3 Å². The molecule has 3 heterocycles. The van der Waals surface area contributed by atoms with Gasteiger partial charge in [0.2, 0.25) is 5.95 Å². The Morgan fingerprint density at radius 2 is 1.81 bits per heavy atom. The Bertz CT molecular complexity index is 1270. The standard InChI is InChI=1S/C21H16F3N5O2/c1-31-16-4-2-13(3-5-16)17-18-14(10-26-20(28-18)27-12-21(22,23)24)11-29(19(17)30)15-6-8-25-9-7-15/h2-11H,12H2,1H3,(H,27,28). The monoisotopic (exact) mass is 427 g/mol. The van der Waals surface area contributed by atoms with E-state index in [0.717, 1.165) is 0 Å². The van der Waals surface area contributed by atoms with Crippen LogP contribution in [0.4, 0.5) is 19.1 Å². The highest BCUT2D eigenvalue weighted by atomic mass is 19.4. The molecule has 0 radical (unpaired) electrons. The number of fused-ring (bicyclic) bond motifs is 1. The van der Waals surface area contributed by atoms with E-state index >= 15 is 0 Å². The molecule has 0 aliphatic heterocycles. The molecule has 4 aromatic rings. The maximum Gasteiger partial charge on any atom is 0.405 e. The largest absolute Gasteiger partial charge is 0.497 e. The summed E-state index contributed by atoms with van der Waals surface area (Å²) in [5, 5.41) is 2.64. The number of anilines is 1. The quantitative estimate of drug-likeness (QED) is 0.522. The average molecular weight is 427 g/mol. The van der Waals surface area contributed by atoms with Crippen molar-refractivity contribution in [2.45, 2.75) is 6.18 Å². The summed E-state index contributed by atoms with van der Waals surface area (Å²) in [4.78, 5) is 25.6. The molecule has 0 fully saturated rings. The number of hydrogen-bond donors (Lipinski definition) is 1. The van der Waals surface area contributed by atoms with Gasteiger partial charge in [-0.05, 0) is 29.8 Å². The van der Waals surface area contributed by atoms with Crippen molar-refractivity contribution in [3.8, 4) is 22.6 Å². The van der Waals surface area contributed by atoms with E-state index in [1.807, 2.05) is 0 Å². The molecule has 0 aliphatic rings. The molecule has 0 saturated carbocycles. The van der Waals surface area contributed by atoms with Gasteiger partial charge in [-0.1, -0.05) is 12.1 Å². The summed E-state index contributed by atoms with van der Waals surface area (Å²) >= 11 is 0. The molecular weight excluding hydrogens is 411 g/mol. The first-order valence-corrected chi connectivity index (χ1v) is 9.13. The van der Waals surface area contributed by atoms with E-state index < -0.39 is 12.7 Å². The molecule has 3 aromatic heterocycles. The van der Waals surface area contributed by atoms with Gasteiger partial charge in [-0.3, -0.25) is 14.3 Å². The van der Waals surface area contributed by atoms with Crippen molar-refractivity contribution in [1.82, 2.24) is 19.5 Å². The van der Waals surface area contributed by atoms with Gasteiger partial charge in [0.15, 0.2) is 0 Å². The van der Waals surface area contributed by atoms with Gasteiger partial charge >= 0.3 is 6.18 Å². The van der Waals surface area contributed by atoms with Gasteiger partial charge in [0, 0.05) is 30.2 Å². The minimum Gasteiger partial charge on any atom is -0.497 e. The molecule has 0 unspecified atom stereocenters. The smallest absolute Gasteiger partial charge is 0.405 e. The fourth-order valence-electron chi connectivity index (χ4n) is 3.08. The summed E-state index contributed by atoms with van der Waals surface area (Å²) < 4.78 is 44.4. The van der Waals surface area contributed by atoms with Crippen LogP contribution in [-0.2, 0) is 0 Å². The molecular formula is C21H16F3N5O2. The molecule has 1 N–H and O–H groups in total. The molecule has 0 amide bonds. The van der Waals surface area contributed by atoms with Crippen molar-refractivity contribution in [2.75, 3.05) is 19.0 Å². The zero-order valence-corrected chi connectivity index (χ0v) is 16.2. The number of methoxy groups -OCH3 is 1. The lowest BCUT2D eigenvalue weighted by molar-refractivity contribution is -0.115. The van der Waals surface area contributed by atoms with Gasteiger partial charge in [0.1, 0.15) is 12.3 Å². The van der Waals surface area contributed by atoms with Crippen LogP contribution in [0, 0.1) is 0 Å². The van der Waals surface area contributed by atoms with Crippen LogP contribution in [0.1, 0.15) is 0 Å². The third-order valence-corrected chi connectivity index (χ3v) is 4.52. The molecule has 4 rings (SSSR count). The minimum absolute atomic E-state index is 0.222. The Labute approximate surface area is 174 Å². The number of ether oxygens (including phenoxy) is 1. The SMILES string of the molecule is COc1ccc(-c2c(=O)n(-c3ccncc3)cc3cnc(NCC(F)(F)F)nc23)cc1. The number of benzene rings is 1. The van der Waals surface area contributed by atoms with E-state index in [1.165, 1.54) is 17.9 Å². The number of alkyl halides is 3. The Balaban J connectivity index is 1.94. The van der Waals surface area contributed by atoms with Crippen LogP contribution in [0.25, 0.3) is 27.7 Å². The van der Waals surface area contributed by atoms with Crippen LogP contribution in [0.15, 0.2) is 66.0 Å². The Morgan fingerprint density at radius 3 is 2.45 bits per heavy atom. The third kappa shape index (κ3) is 4.32. The Hall–Kier alpha value is -3.95. The molecule has 0 spiro atoms. The number of rotatable bonds is 5. The van der Waals surface area contributed by atoms with Crippen LogP contribution in [-0.4, -0.2) is 39.3 Å². The summed E-state index contributed by atoms with van der Waals surface area (Å²) in [6, 6.07) is 10.1. The predicted molar refractivity (Wildman–Crippen MR) is 109 cm³/mol. The number of hydrogen-bond acceptors (Lipinski definition) is 6. The second kappa shape index (κ2) is 8.05. The molecule has 0 atom stereocenters. The highest BCUT2D eigenvalue weighted by molar-refractivity contribution is 5.93. The lowest BCUT2D eigenvalue weighted by Gasteiger charge is -2.13. The number of nitrogens with one attached hydrogen (secondary N) is 1. The number of halogens is 3. The van der Waals surface area contributed by atoms with Crippen molar-refractivity contribution < 1.29 is 17.9 Å². The molecule has 0 bridgehead atoms. The van der Waals surface area contributed by atoms with Crippen LogP contribution in [0.5, 0.6) is 5.75 Å². The van der Waals surface area contributed by atoms with Gasteiger partial charge in [-0.2, -0.15) is 13.2 Å². The molecule has 0 saturated heterocycles. The molecule has 7 nitrogen and oxygen atoms in total. The third-order valence-electron chi connectivity index (χ3n) is 4.52. The van der Waals surface area contributed by atoms with E-state index in [-0.39, 0.29) is 22.6 Å². The first-order chi connectivity index (χ1) is 14.9. The van der Waals surface area contributed by atoms with Gasteiger partial charge in [-0.25, -0.2) is 9.97 Å². The minimum atomic E-state index is -4.43. The second-order valence-corrected chi connectivity index (χ2v) is 6.58. The maximum absolute atomic E-state index is 13.4. The molecule has 10 heteroatoms. The predicted octanol–water partition coefficient (Wildman–Crippen LogP) is 3.83. The molecule has 158 valence electrons. The van der Waals surface area contributed by atoms with E-state index in [4.69, 9.17) is 4.74 Å². The van der Waals surface area contributed by atoms with Crippen molar-refractivity contribution in [2.24, 2.45) is 0 Å². The van der Waals surface area contributed by atoms with Gasteiger partial charge in [0.05, 0.1) is 23.9 Å². The van der Waals surface area contributed by atoms with E-state index in [9.17, 15) is 18.0 Å². The van der Waals surface area contributed by atoms with E-state index in [1.54, 1.807) is 55.0 Å². The first kappa shape index (κ1) is 20.3. The van der Waals surface area contributed by atoms with Gasteiger partial charge in [0.25, 0.3) is 5.56 Å². The first-order valence-electron chi connectivity index (χ1n) is 9.13. The molecule has 0 aliphatic carbocycles. The van der Waals surface area contributed by atoms with Crippen molar-refractivity contribution in [3.05, 3.63) is 71.5 Å². The fourth-order valence-corrected chi connectivity index (χ4v) is 3.08. The average Bonchev–Trinajstić information content (AvgIpc) is 2.77. The van der Waals surface area contributed by atoms with Crippen molar-refractivity contribution in [3.63, 3.8) is 0 Å². The van der Waals surface area contributed by atoms with Crippen LogP contribution in [0.3, 0.4) is 0 Å². The molecule has 1 aromatic carbocycles. The van der Waals surface area contributed by atoms with Gasteiger partial charge < -0.3 is 10.1 Å². The van der Waals surface area contributed by atoms with Crippen LogP contribution < -0.4 is 15.6 Å². The zero-order valence-electron chi connectivity index (χ0n) is 16.2. The highest BCUT2D eigenvalue weighted by Crippen LogP contribution is 2.27. The fraction of sp³-hybridized carbons (Fsp3) is 0.143. The lowest BCUT2D eigenvalue weighted by atomic mass is 10.0. The summed E-state index contributed by atoms with van der Waals surface area (Å²) in [5.41, 5.74) is 1.20. The van der Waals surface area contributed by atoms with Crippen molar-refractivity contribution >= 4 is 16.9 Å². The normalized spacial score (nSPS) is 11.5. The van der Waals surface area contributed by atoms with Crippen molar-refractivity contribution in [1.29, 1.82) is 0 Å². The van der Waals surface area contributed by atoms with Crippen LogP contribution >= 0.6 is 0 Å². The number of pyridine rings is 2. The maximum atomic E-state index is 13.4. The highest BCUT2D eigenvalue weighted by Gasteiger charge is 2.27. The Kier molecular flexibility index (Phi) is 5.28. The van der Waals surface area contributed by atoms with Crippen LogP contribution in [0.2, 0.25) is 0 Å². The number of aromatic nitrogens is 4. The second-order valence-electron chi connectivity index (χ2n) is 6.58. The number of nitrogens with zero attached hydrogens (tertiary/aromatic N) is 4. The summed E-state index contributed by atoms with van der Waals surface area (Å²) in [7, 11) is 1.52. The summed E-state index contributed by atoms with van der Waals surface area (Å²) in [6.45, 7) is -1.29. The topological polar surface area (TPSA) is 81.9 Å². The van der Waals surface area contributed by atoms with E-state index in [0.29, 0.717) is 22.4 Å². The summed E-state index contributed by atoms with van der Waals surface area (Å²) in [6.07, 6.45) is 1.61. The lowest BCUT2D eigenvalue weighted by Crippen LogP contribution is -2.23. The zero-order chi connectivity index (χ0) is 22.0. The molecule has 31 heavy (non-hydrogen) atoms. The Morgan fingerprint density at radius 1 is 1.10 bits per heavy atom.